The Morgan fingerprint density at radius 3 is 2.57 bits per heavy atom. The van der Waals surface area contributed by atoms with E-state index in [1.54, 1.807) is 0 Å². The van der Waals surface area contributed by atoms with E-state index in [1.807, 2.05) is 55.8 Å². The van der Waals surface area contributed by atoms with Crippen molar-refractivity contribution >= 4 is 5.95 Å². The van der Waals surface area contributed by atoms with Crippen LogP contribution in [-0.4, -0.2) is 21.1 Å². The monoisotopic (exact) mass is 278 g/mol. The van der Waals surface area contributed by atoms with Gasteiger partial charge in [0.25, 0.3) is 0 Å². The van der Waals surface area contributed by atoms with E-state index in [-0.39, 0.29) is 0 Å². The predicted octanol–water partition coefficient (Wildman–Crippen LogP) is 3.23. The highest BCUT2D eigenvalue weighted by Crippen LogP contribution is 2.16. The molecular formula is C17H18N4. The Morgan fingerprint density at radius 1 is 1.05 bits per heavy atom. The molecule has 0 radical (unpaired) electrons. The average Bonchev–Trinajstić information content (AvgIpc) is 2.90. The summed E-state index contributed by atoms with van der Waals surface area (Å²) in [5.41, 5.74) is 3.39. The van der Waals surface area contributed by atoms with Gasteiger partial charge in [-0.25, -0.2) is 4.98 Å². The van der Waals surface area contributed by atoms with Gasteiger partial charge >= 0.3 is 0 Å². The lowest BCUT2D eigenvalue weighted by atomic mass is 10.2. The number of rotatable bonds is 5. The van der Waals surface area contributed by atoms with Crippen molar-refractivity contribution in [3.8, 4) is 5.69 Å². The molecule has 3 rings (SSSR count). The molecule has 106 valence electrons. The predicted molar refractivity (Wildman–Crippen MR) is 84.7 cm³/mol. The van der Waals surface area contributed by atoms with Crippen molar-refractivity contribution in [1.29, 1.82) is 0 Å². The third-order valence-corrected chi connectivity index (χ3v) is 3.31. The van der Waals surface area contributed by atoms with E-state index < -0.39 is 0 Å². The molecule has 1 aromatic carbocycles. The van der Waals surface area contributed by atoms with Crippen molar-refractivity contribution < 1.29 is 0 Å². The van der Waals surface area contributed by atoms with Gasteiger partial charge in [-0.05, 0) is 43.2 Å². The molecule has 0 amide bonds. The van der Waals surface area contributed by atoms with Crippen LogP contribution in [0.5, 0.6) is 0 Å². The number of benzene rings is 1. The summed E-state index contributed by atoms with van der Waals surface area (Å²) in [6.07, 6.45) is 6.64. The normalized spacial score (nSPS) is 10.5. The highest BCUT2D eigenvalue weighted by Gasteiger charge is 2.06. The highest BCUT2D eigenvalue weighted by molar-refractivity contribution is 5.43. The van der Waals surface area contributed by atoms with Gasteiger partial charge in [0.05, 0.1) is 5.69 Å². The highest BCUT2D eigenvalue weighted by atomic mass is 15.2. The third-order valence-electron chi connectivity index (χ3n) is 3.31. The quantitative estimate of drug-likeness (QED) is 0.779. The van der Waals surface area contributed by atoms with Crippen molar-refractivity contribution in [1.82, 2.24) is 14.5 Å². The smallest absolute Gasteiger partial charge is 0.207 e. The molecule has 0 aliphatic carbocycles. The van der Waals surface area contributed by atoms with Crippen molar-refractivity contribution in [2.24, 2.45) is 0 Å². The van der Waals surface area contributed by atoms with Crippen LogP contribution in [0, 0.1) is 6.92 Å². The zero-order valence-corrected chi connectivity index (χ0v) is 12.0. The molecular weight excluding hydrogens is 260 g/mol. The summed E-state index contributed by atoms with van der Waals surface area (Å²) in [7, 11) is 0. The van der Waals surface area contributed by atoms with Crippen LogP contribution in [0.2, 0.25) is 0 Å². The van der Waals surface area contributed by atoms with Crippen LogP contribution < -0.4 is 5.32 Å². The molecule has 0 unspecified atom stereocenters. The third kappa shape index (κ3) is 3.28. The van der Waals surface area contributed by atoms with Crippen molar-refractivity contribution in [3.63, 3.8) is 0 Å². The first-order chi connectivity index (χ1) is 10.3. The second-order valence-corrected chi connectivity index (χ2v) is 4.94. The first-order valence-electron chi connectivity index (χ1n) is 7.07. The molecule has 4 heteroatoms. The molecule has 21 heavy (non-hydrogen) atoms. The van der Waals surface area contributed by atoms with Crippen LogP contribution in [0.25, 0.3) is 5.69 Å². The van der Waals surface area contributed by atoms with Crippen LogP contribution in [0.4, 0.5) is 5.95 Å². The summed E-state index contributed by atoms with van der Waals surface area (Å²) >= 11 is 0. The lowest BCUT2D eigenvalue weighted by Gasteiger charge is -2.09. The Morgan fingerprint density at radius 2 is 1.81 bits per heavy atom. The van der Waals surface area contributed by atoms with Crippen molar-refractivity contribution in [2.75, 3.05) is 11.9 Å². The van der Waals surface area contributed by atoms with Gasteiger partial charge in [0.1, 0.15) is 0 Å². The molecule has 0 saturated carbocycles. The number of para-hydroxylation sites is 1. The summed E-state index contributed by atoms with van der Waals surface area (Å²) in [6.45, 7) is 2.85. The fourth-order valence-electron chi connectivity index (χ4n) is 2.28. The number of pyridine rings is 1. The lowest BCUT2D eigenvalue weighted by molar-refractivity contribution is 0.958. The van der Waals surface area contributed by atoms with E-state index in [4.69, 9.17) is 0 Å². The standard InChI is InChI=1S/C17H18N4/c1-14-13-21(16-5-3-2-4-6-16)17(20-14)19-12-9-15-7-10-18-11-8-15/h2-8,10-11,13H,9,12H2,1H3,(H,19,20). The maximum atomic E-state index is 4.56. The van der Waals surface area contributed by atoms with E-state index in [0.29, 0.717) is 0 Å². The second kappa shape index (κ2) is 6.22. The molecule has 0 atom stereocenters. The van der Waals surface area contributed by atoms with E-state index in [2.05, 4.69) is 32.0 Å². The molecule has 0 saturated heterocycles. The summed E-state index contributed by atoms with van der Waals surface area (Å²) < 4.78 is 2.09. The molecule has 0 aliphatic heterocycles. The minimum absolute atomic E-state index is 0.841. The molecule has 4 nitrogen and oxygen atoms in total. The van der Waals surface area contributed by atoms with E-state index in [1.165, 1.54) is 5.56 Å². The van der Waals surface area contributed by atoms with E-state index in [0.717, 1.165) is 30.3 Å². The molecule has 0 fully saturated rings. The number of anilines is 1. The van der Waals surface area contributed by atoms with Gasteiger partial charge in [-0.1, -0.05) is 18.2 Å². The molecule has 2 aromatic heterocycles. The number of aryl methyl sites for hydroxylation is 1. The lowest BCUT2D eigenvalue weighted by Crippen LogP contribution is -2.09. The number of hydrogen-bond acceptors (Lipinski definition) is 3. The molecule has 1 N–H and O–H groups in total. The van der Waals surface area contributed by atoms with Crippen LogP contribution in [0.1, 0.15) is 11.3 Å². The number of hydrogen-bond donors (Lipinski definition) is 1. The minimum atomic E-state index is 0.841. The summed E-state index contributed by atoms with van der Waals surface area (Å²) in [5, 5.41) is 3.41. The Labute approximate surface area is 124 Å². The second-order valence-electron chi connectivity index (χ2n) is 4.94. The van der Waals surface area contributed by atoms with Gasteiger partial charge in [0.2, 0.25) is 5.95 Å². The number of aromatic nitrogens is 3. The van der Waals surface area contributed by atoms with Crippen LogP contribution >= 0.6 is 0 Å². The number of nitrogens with zero attached hydrogens (tertiary/aromatic N) is 3. The topological polar surface area (TPSA) is 42.7 Å². The van der Waals surface area contributed by atoms with Crippen LogP contribution in [-0.2, 0) is 6.42 Å². The maximum Gasteiger partial charge on any atom is 0.207 e. The zero-order valence-electron chi connectivity index (χ0n) is 12.0. The van der Waals surface area contributed by atoms with Crippen molar-refractivity contribution in [3.05, 3.63) is 72.3 Å². The Kier molecular flexibility index (Phi) is 3.96. The molecule has 0 bridgehead atoms. The van der Waals surface area contributed by atoms with E-state index >= 15 is 0 Å². The SMILES string of the molecule is Cc1cn(-c2ccccc2)c(NCCc2ccncc2)n1. The average molecular weight is 278 g/mol. The van der Waals surface area contributed by atoms with Gasteiger partial charge in [-0.15, -0.1) is 0 Å². The molecule has 0 aliphatic rings. The van der Waals surface area contributed by atoms with Gasteiger partial charge < -0.3 is 5.32 Å². The summed E-state index contributed by atoms with van der Waals surface area (Å²) in [6, 6.07) is 14.3. The molecule has 0 spiro atoms. The van der Waals surface area contributed by atoms with Crippen LogP contribution in [0.3, 0.4) is 0 Å². The Balaban J connectivity index is 1.71. The molecule has 3 aromatic rings. The summed E-state index contributed by atoms with van der Waals surface area (Å²) in [4.78, 5) is 8.59. The van der Waals surface area contributed by atoms with Gasteiger partial charge in [0.15, 0.2) is 0 Å². The molecule has 2 heterocycles. The zero-order chi connectivity index (χ0) is 14.5. The van der Waals surface area contributed by atoms with Gasteiger partial charge in [-0.2, -0.15) is 0 Å². The Hall–Kier alpha value is -2.62. The van der Waals surface area contributed by atoms with Crippen molar-refractivity contribution in [2.45, 2.75) is 13.3 Å². The number of imidazole rings is 1. The first kappa shape index (κ1) is 13.4. The van der Waals surface area contributed by atoms with Gasteiger partial charge in [-0.3, -0.25) is 9.55 Å². The fourth-order valence-corrected chi connectivity index (χ4v) is 2.28. The van der Waals surface area contributed by atoms with E-state index in [9.17, 15) is 0 Å². The Bertz CT molecular complexity index is 689. The minimum Gasteiger partial charge on any atom is -0.355 e. The summed E-state index contributed by atoms with van der Waals surface area (Å²) in [5.74, 6) is 0.882. The fraction of sp³-hybridized carbons (Fsp3) is 0.176. The van der Waals surface area contributed by atoms with Crippen LogP contribution in [0.15, 0.2) is 61.1 Å². The largest absolute Gasteiger partial charge is 0.355 e. The maximum absolute atomic E-state index is 4.56. The number of nitrogens with one attached hydrogen (secondary N) is 1. The first-order valence-corrected chi connectivity index (χ1v) is 7.07. The van der Waals surface area contributed by atoms with Gasteiger partial charge in [0, 0.05) is 30.8 Å².